The van der Waals surface area contributed by atoms with Crippen LogP contribution in [0.4, 0.5) is 5.69 Å². The summed E-state index contributed by atoms with van der Waals surface area (Å²) in [5.41, 5.74) is 7.34. The molecule has 2 aromatic carbocycles. The quantitative estimate of drug-likeness (QED) is 0.746. The lowest BCUT2D eigenvalue weighted by molar-refractivity contribution is 1.09. The minimum absolute atomic E-state index is 0.849. The first-order valence-electron chi connectivity index (χ1n) is 7.12. The fourth-order valence-corrected chi connectivity index (χ4v) is 2.50. The Morgan fingerprint density at radius 2 is 1.71 bits per heavy atom. The van der Waals surface area contributed by atoms with Gasteiger partial charge in [0.2, 0.25) is 0 Å². The number of nitrogens with one attached hydrogen (secondary N) is 2. The second-order valence-electron chi connectivity index (χ2n) is 5.27. The van der Waals surface area contributed by atoms with Crippen LogP contribution in [0.5, 0.6) is 0 Å². The zero-order valence-electron chi connectivity index (χ0n) is 12.4. The molecule has 0 radical (unpaired) electrons. The number of rotatable bonds is 4. The maximum atomic E-state index is 4.05. The monoisotopic (exact) mass is 277 g/mol. The number of hydrogen-bond donors (Lipinski definition) is 2. The van der Waals surface area contributed by atoms with Crippen molar-refractivity contribution in [1.29, 1.82) is 0 Å². The highest BCUT2D eigenvalue weighted by Gasteiger charge is 2.03. The van der Waals surface area contributed by atoms with Crippen LogP contribution in [-0.4, -0.2) is 9.97 Å². The van der Waals surface area contributed by atoms with Crippen LogP contribution in [0.15, 0.2) is 55.0 Å². The first-order chi connectivity index (χ1) is 10.2. The molecule has 3 heteroatoms. The molecule has 3 rings (SSSR count). The zero-order chi connectivity index (χ0) is 14.7. The van der Waals surface area contributed by atoms with Crippen LogP contribution in [0.2, 0.25) is 0 Å². The second kappa shape index (κ2) is 5.83. The Labute approximate surface area is 125 Å². The molecule has 3 nitrogen and oxygen atoms in total. The van der Waals surface area contributed by atoms with Gasteiger partial charge in [-0.3, -0.25) is 0 Å². The standard InChI is InChI=1S/C18H19N3/c1-13-4-3-5-14(2)17(13)10-20-16-8-6-15(7-9-16)18-11-19-12-21-18/h3-9,11-12,20H,10H2,1-2H3,(H,19,21). The number of aromatic amines is 1. The number of imidazole rings is 1. The van der Waals surface area contributed by atoms with Gasteiger partial charge in [-0.1, -0.05) is 30.3 Å². The SMILES string of the molecule is Cc1cccc(C)c1CNc1ccc(-c2cnc[nH]2)cc1. The normalized spacial score (nSPS) is 10.6. The summed E-state index contributed by atoms with van der Waals surface area (Å²) in [6, 6.07) is 14.8. The third kappa shape index (κ3) is 2.97. The van der Waals surface area contributed by atoms with Gasteiger partial charge in [-0.15, -0.1) is 0 Å². The molecule has 21 heavy (non-hydrogen) atoms. The Morgan fingerprint density at radius 3 is 2.33 bits per heavy atom. The van der Waals surface area contributed by atoms with Crippen LogP contribution in [0.3, 0.4) is 0 Å². The molecule has 0 saturated heterocycles. The summed E-state index contributed by atoms with van der Waals surface area (Å²) in [5.74, 6) is 0. The van der Waals surface area contributed by atoms with Gasteiger partial charge in [0.05, 0.1) is 18.2 Å². The predicted molar refractivity (Wildman–Crippen MR) is 87.3 cm³/mol. The smallest absolute Gasteiger partial charge is 0.0924 e. The minimum atomic E-state index is 0.849. The molecule has 0 aliphatic rings. The van der Waals surface area contributed by atoms with Gasteiger partial charge in [-0.05, 0) is 48.2 Å². The molecule has 0 amide bonds. The van der Waals surface area contributed by atoms with Crippen molar-refractivity contribution in [2.75, 3.05) is 5.32 Å². The fraction of sp³-hybridized carbons (Fsp3) is 0.167. The number of aryl methyl sites for hydroxylation is 2. The van der Waals surface area contributed by atoms with Gasteiger partial charge in [-0.2, -0.15) is 0 Å². The van der Waals surface area contributed by atoms with Crippen LogP contribution in [0.25, 0.3) is 11.3 Å². The lowest BCUT2D eigenvalue weighted by Crippen LogP contribution is -2.03. The Kier molecular flexibility index (Phi) is 3.73. The van der Waals surface area contributed by atoms with E-state index in [0.29, 0.717) is 0 Å². The van der Waals surface area contributed by atoms with E-state index in [1.54, 1.807) is 6.33 Å². The molecular weight excluding hydrogens is 258 g/mol. The molecule has 3 aromatic rings. The molecule has 1 heterocycles. The third-order valence-electron chi connectivity index (χ3n) is 3.81. The van der Waals surface area contributed by atoms with E-state index in [9.17, 15) is 0 Å². The minimum Gasteiger partial charge on any atom is -0.381 e. The summed E-state index contributed by atoms with van der Waals surface area (Å²) in [6.07, 6.45) is 3.53. The molecule has 106 valence electrons. The van der Waals surface area contributed by atoms with Gasteiger partial charge >= 0.3 is 0 Å². The number of aromatic nitrogens is 2. The molecule has 0 fully saturated rings. The maximum Gasteiger partial charge on any atom is 0.0924 e. The maximum absolute atomic E-state index is 4.05. The summed E-state index contributed by atoms with van der Waals surface area (Å²) in [4.78, 5) is 7.16. The first kappa shape index (κ1) is 13.4. The Hall–Kier alpha value is -2.55. The molecule has 1 aromatic heterocycles. The number of nitrogens with zero attached hydrogens (tertiary/aromatic N) is 1. The number of H-pyrrole nitrogens is 1. The van der Waals surface area contributed by atoms with E-state index in [0.717, 1.165) is 23.5 Å². The Balaban J connectivity index is 1.71. The number of hydrogen-bond acceptors (Lipinski definition) is 2. The van der Waals surface area contributed by atoms with Crippen molar-refractivity contribution >= 4 is 5.69 Å². The lowest BCUT2D eigenvalue weighted by Gasteiger charge is -2.12. The van der Waals surface area contributed by atoms with E-state index in [1.165, 1.54) is 16.7 Å². The molecule has 0 atom stereocenters. The highest BCUT2D eigenvalue weighted by molar-refractivity contribution is 5.62. The summed E-state index contributed by atoms with van der Waals surface area (Å²) >= 11 is 0. The largest absolute Gasteiger partial charge is 0.381 e. The van der Waals surface area contributed by atoms with Crippen molar-refractivity contribution in [3.8, 4) is 11.3 Å². The van der Waals surface area contributed by atoms with E-state index >= 15 is 0 Å². The van der Waals surface area contributed by atoms with Crippen molar-refractivity contribution in [2.24, 2.45) is 0 Å². The van der Waals surface area contributed by atoms with Gasteiger partial charge in [0.15, 0.2) is 0 Å². The molecular formula is C18H19N3. The summed E-state index contributed by atoms with van der Waals surface area (Å²) in [7, 11) is 0. The van der Waals surface area contributed by atoms with Crippen LogP contribution in [0, 0.1) is 13.8 Å². The number of anilines is 1. The average molecular weight is 277 g/mol. The van der Waals surface area contributed by atoms with E-state index in [4.69, 9.17) is 0 Å². The van der Waals surface area contributed by atoms with Crippen LogP contribution in [0.1, 0.15) is 16.7 Å². The first-order valence-corrected chi connectivity index (χ1v) is 7.12. The topological polar surface area (TPSA) is 40.7 Å². The second-order valence-corrected chi connectivity index (χ2v) is 5.27. The van der Waals surface area contributed by atoms with Gasteiger partial charge < -0.3 is 10.3 Å². The van der Waals surface area contributed by atoms with Gasteiger partial charge in [0, 0.05) is 12.2 Å². The van der Waals surface area contributed by atoms with Crippen LogP contribution < -0.4 is 5.32 Å². The van der Waals surface area contributed by atoms with E-state index < -0.39 is 0 Å². The summed E-state index contributed by atoms with van der Waals surface area (Å²) in [6.45, 7) is 5.17. The van der Waals surface area contributed by atoms with E-state index in [2.05, 4.69) is 71.6 Å². The zero-order valence-corrected chi connectivity index (χ0v) is 12.4. The van der Waals surface area contributed by atoms with Crippen LogP contribution >= 0.6 is 0 Å². The molecule has 2 N–H and O–H groups in total. The fourth-order valence-electron chi connectivity index (χ4n) is 2.50. The Morgan fingerprint density at radius 1 is 1.00 bits per heavy atom. The van der Waals surface area contributed by atoms with Crippen molar-refractivity contribution in [2.45, 2.75) is 20.4 Å². The highest BCUT2D eigenvalue weighted by Crippen LogP contribution is 2.20. The van der Waals surface area contributed by atoms with Crippen molar-refractivity contribution < 1.29 is 0 Å². The van der Waals surface area contributed by atoms with Gasteiger partial charge in [0.25, 0.3) is 0 Å². The van der Waals surface area contributed by atoms with Crippen molar-refractivity contribution in [3.63, 3.8) is 0 Å². The average Bonchev–Trinajstić information content (AvgIpc) is 3.02. The molecule has 0 bridgehead atoms. The Bertz CT molecular complexity index is 692. The van der Waals surface area contributed by atoms with Gasteiger partial charge in [0.1, 0.15) is 0 Å². The molecule has 0 saturated carbocycles. The van der Waals surface area contributed by atoms with Crippen molar-refractivity contribution in [3.05, 3.63) is 71.7 Å². The molecule has 0 unspecified atom stereocenters. The van der Waals surface area contributed by atoms with Gasteiger partial charge in [-0.25, -0.2) is 4.98 Å². The number of benzene rings is 2. The van der Waals surface area contributed by atoms with Crippen molar-refractivity contribution in [1.82, 2.24) is 9.97 Å². The third-order valence-corrected chi connectivity index (χ3v) is 3.81. The van der Waals surface area contributed by atoms with Crippen LogP contribution in [-0.2, 0) is 6.54 Å². The summed E-state index contributed by atoms with van der Waals surface area (Å²) < 4.78 is 0. The van der Waals surface area contributed by atoms with E-state index in [-0.39, 0.29) is 0 Å². The lowest BCUT2D eigenvalue weighted by atomic mass is 10.0. The predicted octanol–water partition coefficient (Wildman–Crippen LogP) is 4.31. The van der Waals surface area contributed by atoms with E-state index in [1.807, 2.05) is 6.20 Å². The molecule has 0 spiro atoms. The molecule has 0 aliphatic heterocycles. The highest BCUT2D eigenvalue weighted by atomic mass is 14.9. The molecule has 0 aliphatic carbocycles. The summed E-state index contributed by atoms with van der Waals surface area (Å²) in [5, 5.41) is 3.49.